The van der Waals surface area contributed by atoms with Gasteiger partial charge in [0.15, 0.2) is 0 Å². The second-order valence-electron chi connectivity index (χ2n) is 7.80. The number of benzene rings is 3. The van der Waals surface area contributed by atoms with Crippen LogP contribution in [0.25, 0.3) is 10.9 Å². The fourth-order valence-electron chi connectivity index (χ4n) is 4.03. The monoisotopic (exact) mass is 428 g/mol. The number of aromatic nitrogens is 1. The summed E-state index contributed by atoms with van der Waals surface area (Å²) in [4.78, 5) is 12.8. The number of ether oxygens (including phenoxy) is 2. The van der Waals surface area contributed by atoms with E-state index < -0.39 is 0 Å². The fourth-order valence-corrected chi connectivity index (χ4v) is 4.03. The Morgan fingerprint density at radius 1 is 0.969 bits per heavy atom. The molecule has 3 aromatic carbocycles. The molecule has 0 aliphatic rings. The third-order valence-electron chi connectivity index (χ3n) is 5.56. The van der Waals surface area contributed by atoms with Gasteiger partial charge in [0, 0.05) is 50.1 Å². The van der Waals surface area contributed by atoms with E-state index in [1.54, 1.807) is 7.11 Å². The van der Waals surface area contributed by atoms with Crippen LogP contribution in [-0.2, 0) is 16.6 Å². The van der Waals surface area contributed by atoms with Crippen molar-refractivity contribution in [2.24, 2.45) is 7.05 Å². The zero-order chi connectivity index (χ0) is 22.3. The number of nitrogens with one attached hydrogen (secondary N) is 1. The lowest BCUT2D eigenvalue weighted by atomic mass is 9.88. The minimum Gasteiger partial charge on any atom is -0.457 e. The van der Waals surface area contributed by atoms with Crippen LogP contribution in [0.4, 0.5) is 0 Å². The maximum atomic E-state index is 12.8. The number of amides is 1. The molecule has 0 spiro atoms. The van der Waals surface area contributed by atoms with Gasteiger partial charge in [-0.05, 0) is 41.5 Å². The highest BCUT2D eigenvalue weighted by Crippen LogP contribution is 2.36. The molecule has 0 saturated heterocycles. The molecule has 0 saturated carbocycles. The van der Waals surface area contributed by atoms with Gasteiger partial charge in [-0.25, -0.2) is 0 Å². The molecular formula is C27H28N2O3. The normalized spacial score (nSPS) is 11.9. The lowest BCUT2D eigenvalue weighted by molar-refractivity contribution is -0.121. The summed E-state index contributed by atoms with van der Waals surface area (Å²) in [6, 6.07) is 26.0. The van der Waals surface area contributed by atoms with Gasteiger partial charge >= 0.3 is 0 Å². The average Bonchev–Trinajstić information content (AvgIpc) is 3.15. The predicted octanol–water partition coefficient (Wildman–Crippen LogP) is 5.26. The summed E-state index contributed by atoms with van der Waals surface area (Å²) in [7, 11) is 3.67. The first-order valence-electron chi connectivity index (χ1n) is 10.8. The van der Waals surface area contributed by atoms with Crippen LogP contribution in [0.1, 0.15) is 23.5 Å². The van der Waals surface area contributed by atoms with Crippen LogP contribution >= 0.6 is 0 Å². The molecule has 1 aromatic heterocycles. The number of aryl methyl sites for hydroxylation is 1. The zero-order valence-electron chi connectivity index (χ0n) is 18.5. The highest BCUT2D eigenvalue weighted by molar-refractivity contribution is 5.86. The Bertz CT molecular complexity index is 1180. The number of fused-ring (bicyclic) bond motifs is 1. The van der Waals surface area contributed by atoms with Crippen LogP contribution in [0, 0.1) is 0 Å². The maximum absolute atomic E-state index is 12.8. The van der Waals surface area contributed by atoms with E-state index in [2.05, 4.69) is 34.3 Å². The topological polar surface area (TPSA) is 52.5 Å². The number of nitrogens with zero attached hydrogens (tertiary/aromatic N) is 1. The lowest BCUT2D eigenvalue weighted by Crippen LogP contribution is -2.28. The van der Waals surface area contributed by atoms with E-state index in [9.17, 15) is 4.79 Å². The summed E-state index contributed by atoms with van der Waals surface area (Å²) in [6.45, 7) is 0.986. The van der Waals surface area contributed by atoms with Crippen LogP contribution < -0.4 is 10.1 Å². The molecule has 0 aliphatic carbocycles. The van der Waals surface area contributed by atoms with Crippen molar-refractivity contribution in [3.63, 3.8) is 0 Å². The summed E-state index contributed by atoms with van der Waals surface area (Å²) in [6.07, 6.45) is 2.47. The molecule has 4 aromatic rings. The zero-order valence-corrected chi connectivity index (χ0v) is 18.5. The molecule has 0 aliphatic heterocycles. The van der Waals surface area contributed by atoms with E-state index in [-0.39, 0.29) is 11.8 Å². The van der Waals surface area contributed by atoms with Gasteiger partial charge in [-0.1, -0.05) is 48.5 Å². The van der Waals surface area contributed by atoms with E-state index in [0.29, 0.717) is 19.6 Å². The Kier molecular flexibility index (Phi) is 6.87. The van der Waals surface area contributed by atoms with Crippen LogP contribution in [0.3, 0.4) is 0 Å². The van der Waals surface area contributed by atoms with E-state index >= 15 is 0 Å². The standard InChI is InChI=1S/C27H28N2O3/c1-29-19-25(23-13-6-7-14-26(23)29)24(18-27(30)28-15-16-31-2)20-9-8-12-22(17-20)32-21-10-4-3-5-11-21/h3-14,17,19,24H,15-16,18H2,1-2H3,(H,28,30)/t24-/m1/s1. The predicted molar refractivity (Wildman–Crippen MR) is 127 cm³/mol. The number of carbonyl (C=O) groups excluding carboxylic acids is 1. The highest BCUT2D eigenvalue weighted by atomic mass is 16.5. The SMILES string of the molecule is COCCNC(=O)C[C@H](c1cccc(Oc2ccccc2)c1)c1cn(C)c2ccccc12. The van der Waals surface area contributed by atoms with Crippen molar-refractivity contribution in [2.45, 2.75) is 12.3 Å². The van der Waals surface area contributed by atoms with E-state index in [0.717, 1.165) is 33.5 Å². The first kappa shape index (κ1) is 21.7. The van der Waals surface area contributed by atoms with E-state index in [1.165, 1.54) is 0 Å². The number of hydrogen-bond acceptors (Lipinski definition) is 3. The summed E-state index contributed by atoms with van der Waals surface area (Å²) >= 11 is 0. The van der Waals surface area contributed by atoms with Gasteiger partial charge in [-0.15, -0.1) is 0 Å². The Balaban J connectivity index is 1.69. The van der Waals surface area contributed by atoms with Gasteiger partial charge in [0.2, 0.25) is 5.91 Å². The minimum absolute atomic E-state index is 0.00522. The molecule has 5 nitrogen and oxygen atoms in total. The van der Waals surface area contributed by atoms with Crippen molar-refractivity contribution in [3.05, 3.63) is 96.2 Å². The number of hydrogen-bond donors (Lipinski definition) is 1. The molecule has 164 valence electrons. The van der Waals surface area contributed by atoms with Crippen molar-refractivity contribution >= 4 is 16.8 Å². The second-order valence-corrected chi connectivity index (χ2v) is 7.80. The van der Waals surface area contributed by atoms with Crippen LogP contribution in [0.15, 0.2) is 85.1 Å². The van der Waals surface area contributed by atoms with Crippen molar-refractivity contribution in [1.82, 2.24) is 9.88 Å². The summed E-state index contributed by atoms with van der Waals surface area (Å²) in [5.74, 6) is 1.42. The van der Waals surface area contributed by atoms with Gasteiger partial charge < -0.3 is 19.4 Å². The van der Waals surface area contributed by atoms with Crippen LogP contribution in [0.5, 0.6) is 11.5 Å². The Labute approximate surface area is 188 Å². The lowest BCUT2D eigenvalue weighted by Gasteiger charge is -2.18. The molecule has 0 unspecified atom stereocenters. The molecule has 1 heterocycles. The summed E-state index contributed by atoms with van der Waals surface area (Å²) in [5, 5.41) is 4.11. The molecule has 32 heavy (non-hydrogen) atoms. The number of carbonyl (C=O) groups is 1. The molecule has 0 bridgehead atoms. The van der Waals surface area contributed by atoms with E-state index in [4.69, 9.17) is 9.47 Å². The first-order chi connectivity index (χ1) is 15.7. The van der Waals surface area contributed by atoms with Gasteiger partial charge in [-0.2, -0.15) is 0 Å². The minimum atomic E-state index is -0.108. The maximum Gasteiger partial charge on any atom is 0.221 e. The molecule has 5 heteroatoms. The van der Waals surface area contributed by atoms with Crippen molar-refractivity contribution in [3.8, 4) is 11.5 Å². The fraction of sp³-hybridized carbons (Fsp3) is 0.222. The van der Waals surface area contributed by atoms with Gasteiger partial charge in [0.05, 0.1) is 6.61 Å². The van der Waals surface area contributed by atoms with Gasteiger partial charge in [0.25, 0.3) is 0 Å². The summed E-state index contributed by atoms with van der Waals surface area (Å²) < 4.78 is 13.2. The highest BCUT2D eigenvalue weighted by Gasteiger charge is 2.22. The molecule has 0 radical (unpaired) electrons. The van der Waals surface area contributed by atoms with Crippen LogP contribution in [0.2, 0.25) is 0 Å². The molecule has 4 rings (SSSR count). The summed E-state index contributed by atoms with van der Waals surface area (Å²) in [5.41, 5.74) is 3.31. The Hall–Kier alpha value is -3.57. The van der Waals surface area contributed by atoms with Gasteiger partial charge in [-0.3, -0.25) is 4.79 Å². The molecule has 1 N–H and O–H groups in total. The smallest absolute Gasteiger partial charge is 0.221 e. The number of methoxy groups -OCH3 is 1. The van der Waals surface area contributed by atoms with Crippen molar-refractivity contribution in [1.29, 1.82) is 0 Å². The quantitative estimate of drug-likeness (QED) is 0.370. The Morgan fingerprint density at radius 3 is 2.53 bits per heavy atom. The first-order valence-corrected chi connectivity index (χ1v) is 10.8. The number of para-hydroxylation sites is 2. The van der Waals surface area contributed by atoms with Crippen LogP contribution in [-0.4, -0.2) is 30.7 Å². The van der Waals surface area contributed by atoms with Crippen molar-refractivity contribution < 1.29 is 14.3 Å². The third kappa shape index (κ3) is 5.01. The molecule has 1 amide bonds. The second kappa shape index (κ2) is 10.2. The molecule has 0 fully saturated rings. The largest absolute Gasteiger partial charge is 0.457 e. The molecule has 1 atom stereocenters. The van der Waals surface area contributed by atoms with Gasteiger partial charge in [0.1, 0.15) is 11.5 Å². The third-order valence-corrected chi connectivity index (χ3v) is 5.56. The average molecular weight is 429 g/mol. The van der Waals surface area contributed by atoms with E-state index in [1.807, 2.05) is 67.7 Å². The molecular weight excluding hydrogens is 400 g/mol. The number of rotatable bonds is 9. The Morgan fingerprint density at radius 2 is 1.72 bits per heavy atom. The van der Waals surface area contributed by atoms with Crippen molar-refractivity contribution in [2.75, 3.05) is 20.3 Å².